The first-order valence-electron chi connectivity index (χ1n) is 12.4. The molecule has 38 heavy (non-hydrogen) atoms. The number of fused-ring (bicyclic) bond motifs is 2. The lowest BCUT2D eigenvalue weighted by Crippen LogP contribution is -2.12. The standard InChI is InChI=1S/C30H23N7S/c1-2-4-19(5-3-1)13-31-14-20-10-22(16-32-15-20)23-11-25-29(36-37-30(25)34-17-23)27-12-24-26(35-27)6-8-33-28(24)21-7-9-38-18-21/h1-12,15-18,31,35H,13-14H2,(H,34,36,37). The number of aromatic nitrogens is 6. The van der Waals surface area contributed by atoms with Gasteiger partial charge in [0.1, 0.15) is 0 Å². The van der Waals surface area contributed by atoms with Gasteiger partial charge < -0.3 is 10.3 Å². The molecule has 0 spiro atoms. The van der Waals surface area contributed by atoms with Crippen LogP contribution in [0.4, 0.5) is 0 Å². The van der Waals surface area contributed by atoms with Crippen molar-refractivity contribution in [2.24, 2.45) is 0 Å². The number of hydrogen-bond donors (Lipinski definition) is 3. The molecule has 184 valence electrons. The molecule has 7 aromatic rings. The summed E-state index contributed by atoms with van der Waals surface area (Å²) in [6, 6.07) is 20.9. The minimum absolute atomic E-state index is 0.673. The molecule has 0 amide bonds. The fourth-order valence-corrected chi connectivity index (χ4v) is 5.41. The van der Waals surface area contributed by atoms with Gasteiger partial charge in [0, 0.05) is 76.2 Å². The second-order valence-corrected chi connectivity index (χ2v) is 9.96. The van der Waals surface area contributed by atoms with Crippen LogP contribution in [0.2, 0.25) is 0 Å². The van der Waals surface area contributed by atoms with E-state index < -0.39 is 0 Å². The highest BCUT2D eigenvalue weighted by molar-refractivity contribution is 7.08. The molecule has 0 aliphatic carbocycles. The Labute approximate surface area is 222 Å². The Morgan fingerprint density at radius 1 is 0.789 bits per heavy atom. The zero-order chi connectivity index (χ0) is 25.3. The molecule has 0 bridgehead atoms. The van der Waals surface area contributed by atoms with Crippen LogP contribution in [-0.2, 0) is 13.1 Å². The van der Waals surface area contributed by atoms with Crippen LogP contribution in [0, 0.1) is 0 Å². The molecular weight excluding hydrogens is 490 g/mol. The quantitative estimate of drug-likeness (QED) is 0.224. The van der Waals surface area contributed by atoms with Crippen molar-refractivity contribution in [2.45, 2.75) is 13.1 Å². The highest BCUT2D eigenvalue weighted by Crippen LogP contribution is 2.34. The van der Waals surface area contributed by atoms with Crippen LogP contribution in [0.1, 0.15) is 11.1 Å². The van der Waals surface area contributed by atoms with Crippen LogP contribution in [0.5, 0.6) is 0 Å². The lowest BCUT2D eigenvalue weighted by Gasteiger charge is -2.07. The molecule has 0 unspecified atom stereocenters. The maximum Gasteiger partial charge on any atom is 0.181 e. The molecule has 3 N–H and O–H groups in total. The van der Waals surface area contributed by atoms with Gasteiger partial charge in [-0.1, -0.05) is 30.3 Å². The zero-order valence-electron chi connectivity index (χ0n) is 20.3. The molecule has 8 heteroatoms. The number of thiophene rings is 1. The van der Waals surface area contributed by atoms with Crippen molar-refractivity contribution in [1.82, 2.24) is 35.5 Å². The van der Waals surface area contributed by atoms with E-state index in [0.29, 0.717) is 5.65 Å². The van der Waals surface area contributed by atoms with Crippen molar-refractivity contribution in [2.75, 3.05) is 0 Å². The Hall–Kier alpha value is -4.66. The number of aromatic amines is 2. The monoisotopic (exact) mass is 513 g/mol. The SMILES string of the molecule is c1ccc(CNCc2cncc(-c3cnc4n[nH]c(-c5cc6c(-c7ccsc7)nccc6[nH]5)c4c3)c2)cc1. The zero-order valence-corrected chi connectivity index (χ0v) is 21.2. The van der Waals surface area contributed by atoms with Crippen molar-refractivity contribution in [3.8, 4) is 33.8 Å². The molecule has 0 radical (unpaired) electrons. The Morgan fingerprint density at radius 2 is 1.68 bits per heavy atom. The van der Waals surface area contributed by atoms with Crippen LogP contribution in [0.25, 0.3) is 55.7 Å². The Balaban J connectivity index is 1.20. The number of rotatable bonds is 7. The molecule has 6 heterocycles. The summed E-state index contributed by atoms with van der Waals surface area (Å²) in [5.74, 6) is 0. The van der Waals surface area contributed by atoms with Gasteiger partial charge in [-0.2, -0.15) is 16.4 Å². The van der Waals surface area contributed by atoms with Crippen LogP contribution in [-0.4, -0.2) is 30.1 Å². The topological polar surface area (TPSA) is 95.2 Å². The maximum atomic E-state index is 4.64. The van der Waals surface area contributed by atoms with E-state index in [2.05, 4.69) is 94.7 Å². The van der Waals surface area contributed by atoms with Gasteiger partial charge in [-0.3, -0.25) is 15.1 Å². The summed E-state index contributed by atoms with van der Waals surface area (Å²) in [5, 5.41) is 17.4. The van der Waals surface area contributed by atoms with Gasteiger partial charge in [0.25, 0.3) is 0 Å². The predicted octanol–water partition coefficient (Wildman–Crippen LogP) is 6.58. The molecule has 0 aliphatic heterocycles. The minimum atomic E-state index is 0.673. The van der Waals surface area contributed by atoms with Crippen LogP contribution in [0.3, 0.4) is 0 Å². The number of H-pyrrole nitrogens is 2. The Kier molecular flexibility index (Phi) is 5.73. The first-order valence-corrected chi connectivity index (χ1v) is 13.3. The van der Waals surface area contributed by atoms with E-state index in [1.807, 2.05) is 36.9 Å². The largest absolute Gasteiger partial charge is 0.353 e. The van der Waals surface area contributed by atoms with Crippen molar-refractivity contribution >= 4 is 33.3 Å². The predicted molar refractivity (Wildman–Crippen MR) is 153 cm³/mol. The molecule has 0 saturated heterocycles. The van der Waals surface area contributed by atoms with Gasteiger partial charge in [0.2, 0.25) is 0 Å². The lowest BCUT2D eigenvalue weighted by molar-refractivity contribution is 0.691. The molecule has 7 nitrogen and oxygen atoms in total. The van der Waals surface area contributed by atoms with Gasteiger partial charge in [-0.05, 0) is 46.8 Å². The van der Waals surface area contributed by atoms with Crippen LogP contribution < -0.4 is 5.32 Å². The highest BCUT2D eigenvalue weighted by atomic mass is 32.1. The molecule has 6 aromatic heterocycles. The van der Waals surface area contributed by atoms with E-state index in [1.165, 1.54) is 5.56 Å². The van der Waals surface area contributed by atoms with E-state index in [0.717, 1.165) is 68.7 Å². The van der Waals surface area contributed by atoms with Crippen LogP contribution in [0.15, 0.2) is 96.2 Å². The summed E-state index contributed by atoms with van der Waals surface area (Å²) < 4.78 is 0. The van der Waals surface area contributed by atoms with Gasteiger partial charge in [0.15, 0.2) is 5.65 Å². The van der Waals surface area contributed by atoms with E-state index >= 15 is 0 Å². The van der Waals surface area contributed by atoms with E-state index in [9.17, 15) is 0 Å². The van der Waals surface area contributed by atoms with Crippen molar-refractivity contribution in [1.29, 1.82) is 0 Å². The van der Waals surface area contributed by atoms with Gasteiger partial charge in [-0.15, -0.1) is 0 Å². The summed E-state index contributed by atoms with van der Waals surface area (Å²) in [7, 11) is 0. The van der Waals surface area contributed by atoms with E-state index in [-0.39, 0.29) is 0 Å². The second kappa shape index (κ2) is 9.66. The number of pyridine rings is 3. The van der Waals surface area contributed by atoms with Gasteiger partial charge in [0.05, 0.1) is 17.1 Å². The van der Waals surface area contributed by atoms with E-state index in [4.69, 9.17) is 0 Å². The number of nitrogens with zero attached hydrogens (tertiary/aromatic N) is 4. The fraction of sp³-hybridized carbons (Fsp3) is 0.0667. The summed E-state index contributed by atoms with van der Waals surface area (Å²) in [4.78, 5) is 17.3. The Morgan fingerprint density at radius 3 is 2.58 bits per heavy atom. The second-order valence-electron chi connectivity index (χ2n) is 9.18. The molecule has 7 rings (SSSR count). The minimum Gasteiger partial charge on any atom is -0.353 e. The number of hydrogen-bond acceptors (Lipinski definition) is 6. The molecule has 0 fully saturated rings. The summed E-state index contributed by atoms with van der Waals surface area (Å²) in [6.07, 6.45) is 7.48. The molecule has 0 atom stereocenters. The molecule has 0 aliphatic rings. The first-order chi connectivity index (χ1) is 18.8. The summed E-state index contributed by atoms with van der Waals surface area (Å²) in [6.45, 7) is 1.54. The normalized spacial score (nSPS) is 11.5. The smallest absolute Gasteiger partial charge is 0.181 e. The highest BCUT2D eigenvalue weighted by Gasteiger charge is 2.15. The lowest BCUT2D eigenvalue weighted by atomic mass is 10.1. The van der Waals surface area contributed by atoms with Crippen molar-refractivity contribution in [3.05, 3.63) is 107 Å². The third-order valence-corrected chi connectivity index (χ3v) is 7.33. The molecule has 1 aromatic carbocycles. The molecular formula is C30H23N7S. The van der Waals surface area contributed by atoms with Crippen molar-refractivity contribution < 1.29 is 0 Å². The summed E-state index contributed by atoms with van der Waals surface area (Å²) in [5.41, 5.74) is 10.0. The van der Waals surface area contributed by atoms with Gasteiger partial charge in [-0.25, -0.2) is 4.98 Å². The van der Waals surface area contributed by atoms with Crippen molar-refractivity contribution in [3.63, 3.8) is 0 Å². The summed E-state index contributed by atoms with van der Waals surface area (Å²) >= 11 is 1.67. The van der Waals surface area contributed by atoms with Crippen LogP contribution >= 0.6 is 11.3 Å². The molecule has 0 saturated carbocycles. The fourth-order valence-electron chi connectivity index (χ4n) is 4.77. The van der Waals surface area contributed by atoms with E-state index in [1.54, 1.807) is 11.3 Å². The van der Waals surface area contributed by atoms with Gasteiger partial charge >= 0.3 is 0 Å². The maximum absolute atomic E-state index is 4.64. The average molecular weight is 514 g/mol. The number of benzene rings is 1. The third kappa shape index (κ3) is 4.26. The third-order valence-electron chi connectivity index (χ3n) is 6.65. The first kappa shape index (κ1) is 22.5. The Bertz CT molecular complexity index is 1850. The number of nitrogens with one attached hydrogen (secondary N) is 3. The average Bonchev–Trinajstić information content (AvgIpc) is 3.73.